The van der Waals surface area contributed by atoms with Gasteiger partial charge in [0, 0.05) is 35.4 Å². The number of ether oxygens (including phenoxy) is 1. The van der Waals surface area contributed by atoms with Crippen LogP contribution in [0.1, 0.15) is 12.5 Å². The summed E-state index contributed by atoms with van der Waals surface area (Å²) in [4.78, 5) is 5.65. The minimum absolute atomic E-state index is 0.314. The molecule has 0 saturated heterocycles. The summed E-state index contributed by atoms with van der Waals surface area (Å²) >= 11 is 0. The molecule has 0 aliphatic carbocycles. The number of hydrogen-bond acceptors (Lipinski definition) is 4. The third-order valence-electron chi connectivity index (χ3n) is 3.72. The van der Waals surface area contributed by atoms with Gasteiger partial charge in [-0.1, -0.05) is 6.07 Å². The van der Waals surface area contributed by atoms with Gasteiger partial charge in [0.1, 0.15) is 5.75 Å². The number of hydrogen-bond donors (Lipinski definition) is 1. The molecule has 1 N–H and O–H groups in total. The molecule has 1 aliphatic rings. The molecular weight excluding hydrogens is 333 g/mol. The summed E-state index contributed by atoms with van der Waals surface area (Å²) in [6.07, 6.45) is 1.13. The highest BCUT2D eigenvalue weighted by Gasteiger charge is 2.31. The predicted molar refractivity (Wildman–Crippen MR) is 87.6 cm³/mol. The van der Waals surface area contributed by atoms with Gasteiger partial charge < -0.3 is 14.7 Å². The number of aliphatic hydroxyl groups is 1. The number of benzene rings is 1. The second-order valence-electron chi connectivity index (χ2n) is 5.50. The van der Waals surface area contributed by atoms with E-state index in [2.05, 4.69) is 9.72 Å². The van der Waals surface area contributed by atoms with Crippen LogP contribution in [0.5, 0.6) is 5.75 Å². The van der Waals surface area contributed by atoms with Crippen molar-refractivity contribution in [3.63, 3.8) is 0 Å². The third kappa shape index (κ3) is 4.00. The molecule has 1 aromatic heterocycles. The lowest BCUT2D eigenvalue weighted by molar-refractivity contribution is -0.274. The van der Waals surface area contributed by atoms with Crippen molar-refractivity contribution in [3.05, 3.63) is 72.2 Å². The van der Waals surface area contributed by atoms with E-state index in [0.29, 0.717) is 5.69 Å². The van der Waals surface area contributed by atoms with Crippen LogP contribution in [-0.4, -0.2) is 22.7 Å². The summed E-state index contributed by atoms with van der Waals surface area (Å²) < 4.78 is 40.6. The number of aromatic nitrogens is 1. The molecule has 25 heavy (non-hydrogen) atoms. The van der Waals surface area contributed by atoms with Gasteiger partial charge in [0.25, 0.3) is 0 Å². The van der Waals surface area contributed by atoms with Crippen molar-refractivity contribution in [3.8, 4) is 5.75 Å². The van der Waals surface area contributed by atoms with E-state index in [0.717, 1.165) is 16.7 Å². The molecule has 1 aromatic carbocycles. The molecule has 4 nitrogen and oxygen atoms in total. The van der Waals surface area contributed by atoms with E-state index >= 15 is 0 Å². The van der Waals surface area contributed by atoms with E-state index in [9.17, 15) is 18.3 Å². The molecule has 0 saturated carbocycles. The molecule has 1 unspecified atom stereocenters. The first-order chi connectivity index (χ1) is 11.8. The van der Waals surface area contributed by atoms with Gasteiger partial charge >= 0.3 is 6.36 Å². The highest BCUT2D eigenvalue weighted by molar-refractivity contribution is 5.82. The Labute approximate surface area is 142 Å². The number of anilines is 1. The number of rotatable bonds is 3. The van der Waals surface area contributed by atoms with Gasteiger partial charge in [0.2, 0.25) is 0 Å². The molecular formula is C18H15F3N2O2. The number of halogens is 3. The van der Waals surface area contributed by atoms with Crippen molar-refractivity contribution in [2.75, 3.05) is 4.90 Å². The fraction of sp³-hybridized carbons (Fsp3) is 0.167. The smallest absolute Gasteiger partial charge is 0.406 e. The molecule has 1 aliphatic heterocycles. The topological polar surface area (TPSA) is 45.6 Å². The van der Waals surface area contributed by atoms with Crippen LogP contribution in [0.2, 0.25) is 0 Å². The number of aliphatic hydroxyl groups excluding tert-OH is 1. The van der Waals surface area contributed by atoms with Crippen LogP contribution in [0.25, 0.3) is 5.57 Å². The Hall–Kier alpha value is -2.80. The van der Waals surface area contributed by atoms with Gasteiger partial charge in [0.05, 0.1) is 0 Å². The quantitative estimate of drug-likeness (QED) is 0.907. The molecule has 2 aromatic rings. The lowest BCUT2D eigenvalue weighted by atomic mass is 9.98. The molecule has 2 heterocycles. The number of allylic oxidation sites excluding steroid dienone is 2. The first kappa shape index (κ1) is 17.0. The normalized spacial score (nSPS) is 17.8. The van der Waals surface area contributed by atoms with E-state index in [1.54, 1.807) is 29.6 Å². The maximum absolute atomic E-state index is 12.2. The summed E-state index contributed by atoms with van der Waals surface area (Å²) in [5, 5.41) is 10.3. The largest absolute Gasteiger partial charge is 0.573 e. The minimum Gasteiger partial charge on any atom is -0.406 e. The van der Waals surface area contributed by atoms with Crippen LogP contribution in [0, 0.1) is 0 Å². The van der Waals surface area contributed by atoms with Crippen LogP contribution >= 0.6 is 0 Å². The number of pyridine rings is 1. The van der Waals surface area contributed by atoms with Crippen LogP contribution in [-0.2, 0) is 0 Å². The Balaban J connectivity index is 1.89. The Bertz CT molecular complexity index is 799. The summed E-state index contributed by atoms with van der Waals surface area (Å²) in [6.45, 7) is 1.87. The van der Waals surface area contributed by atoms with E-state index in [4.69, 9.17) is 0 Å². The Morgan fingerprint density at radius 1 is 1.16 bits per heavy atom. The van der Waals surface area contributed by atoms with E-state index in [1.807, 2.05) is 19.1 Å². The SMILES string of the molecule is CC1=CC(O)N(c2ccc(OC(F)(F)F)cc2)C=C1c1cccnc1. The molecule has 0 spiro atoms. The highest BCUT2D eigenvalue weighted by Crippen LogP contribution is 2.32. The molecule has 130 valence electrons. The van der Waals surface area contributed by atoms with Gasteiger partial charge in [-0.25, -0.2) is 0 Å². The Morgan fingerprint density at radius 3 is 2.48 bits per heavy atom. The van der Waals surface area contributed by atoms with Crippen molar-refractivity contribution in [2.24, 2.45) is 0 Å². The summed E-state index contributed by atoms with van der Waals surface area (Å²) in [6, 6.07) is 9.03. The van der Waals surface area contributed by atoms with E-state index in [1.165, 1.54) is 24.3 Å². The molecule has 0 fully saturated rings. The van der Waals surface area contributed by atoms with Gasteiger partial charge in [-0.2, -0.15) is 0 Å². The minimum atomic E-state index is -4.74. The monoisotopic (exact) mass is 348 g/mol. The molecule has 0 radical (unpaired) electrons. The lowest BCUT2D eigenvalue weighted by Crippen LogP contribution is -2.31. The zero-order chi connectivity index (χ0) is 18.0. The standard InChI is InChI=1S/C18H15F3N2O2/c1-12-9-17(24)23(11-16(12)13-3-2-8-22-10-13)14-4-6-15(7-5-14)25-18(19,20)21/h2-11,17,24H,1H3. The molecule has 3 rings (SSSR count). The zero-order valence-corrected chi connectivity index (χ0v) is 13.2. The molecule has 1 atom stereocenters. The number of alkyl halides is 3. The van der Waals surface area contributed by atoms with E-state index < -0.39 is 12.6 Å². The first-order valence-corrected chi connectivity index (χ1v) is 7.47. The van der Waals surface area contributed by atoms with Crippen LogP contribution in [0.4, 0.5) is 18.9 Å². The van der Waals surface area contributed by atoms with Crippen molar-refractivity contribution in [2.45, 2.75) is 19.5 Å². The fourth-order valence-electron chi connectivity index (χ4n) is 2.58. The predicted octanol–water partition coefficient (Wildman–Crippen LogP) is 4.11. The molecule has 7 heteroatoms. The second kappa shape index (κ2) is 6.60. The fourth-order valence-corrected chi connectivity index (χ4v) is 2.58. The van der Waals surface area contributed by atoms with Crippen LogP contribution in [0.15, 0.2) is 66.6 Å². The Kier molecular flexibility index (Phi) is 4.50. The molecule has 0 bridgehead atoms. The lowest BCUT2D eigenvalue weighted by Gasteiger charge is -2.30. The molecule has 0 amide bonds. The first-order valence-electron chi connectivity index (χ1n) is 7.47. The van der Waals surface area contributed by atoms with Crippen LogP contribution in [0.3, 0.4) is 0 Å². The van der Waals surface area contributed by atoms with Crippen molar-refractivity contribution < 1.29 is 23.0 Å². The Morgan fingerprint density at radius 2 is 1.88 bits per heavy atom. The average Bonchev–Trinajstić information content (AvgIpc) is 2.55. The van der Waals surface area contributed by atoms with Crippen molar-refractivity contribution in [1.29, 1.82) is 0 Å². The van der Waals surface area contributed by atoms with Crippen molar-refractivity contribution in [1.82, 2.24) is 4.98 Å². The summed E-state index contributed by atoms with van der Waals surface area (Å²) in [7, 11) is 0. The zero-order valence-electron chi connectivity index (χ0n) is 13.2. The van der Waals surface area contributed by atoms with E-state index in [-0.39, 0.29) is 5.75 Å². The summed E-state index contributed by atoms with van der Waals surface area (Å²) in [5.41, 5.74) is 3.17. The van der Waals surface area contributed by atoms with Crippen molar-refractivity contribution >= 4 is 11.3 Å². The number of nitrogens with zero attached hydrogens (tertiary/aromatic N) is 2. The van der Waals surface area contributed by atoms with Crippen LogP contribution < -0.4 is 9.64 Å². The maximum atomic E-state index is 12.2. The van der Waals surface area contributed by atoms with Gasteiger partial charge in [-0.3, -0.25) is 4.98 Å². The third-order valence-corrected chi connectivity index (χ3v) is 3.72. The highest BCUT2D eigenvalue weighted by atomic mass is 19.4. The second-order valence-corrected chi connectivity index (χ2v) is 5.50. The van der Waals surface area contributed by atoms with Gasteiger partial charge in [0.15, 0.2) is 6.23 Å². The maximum Gasteiger partial charge on any atom is 0.573 e. The average molecular weight is 348 g/mol. The summed E-state index contributed by atoms with van der Waals surface area (Å²) in [5.74, 6) is -0.314. The van der Waals surface area contributed by atoms with Gasteiger partial charge in [-0.05, 0) is 48.9 Å². The van der Waals surface area contributed by atoms with Gasteiger partial charge in [-0.15, -0.1) is 13.2 Å².